The van der Waals surface area contributed by atoms with Crippen molar-refractivity contribution in [2.24, 2.45) is 0 Å². The van der Waals surface area contributed by atoms with Crippen molar-refractivity contribution >= 4 is 33.4 Å². The van der Waals surface area contributed by atoms with E-state index in [1.54, 1.807) is 32.3 Å². The Morgan fingerprint density at radius 1 is 1.15 bits per heavy atom. The summed E-state index contributed by atoms with van der Waals surface area (Å²) in [6.45, 7) is 4.88. The van der Waals surface area contributed by atoms with Crippen molar-refractivity contribution in [1.82, 2.24) is 19.1 Å². The van der Waals surface area contributed by atoms with E-state index >= 15 is 0 Å². The number of anilines is 1. The second-order valence-electron chi connectivity index (χ2n) is 7.57. The van der Waals surface area contributed by atoms with Crippen molar-refractivity contribution < 1.29 is 17.9 Å². The molecule has 33 heavy (non-hydrogen) atoms. The number of nitrogens with one attached hydrogen (secondary N) is 1. The van der Waals surface area contributed by atoms with Gasteiger partial charge in [0.25, 0.3) is 0 Å². The fourth-order valence-electron chi connectivity index (χ4n) is 3.41. The maximum absolute atomic E-state index is 13.1. The zero-order valence-corrected chi connectivity index (χ0v) is 20.0. The van der Waals surface area contributed by atoms with Gasteiger partial charge in [0.2, 0.25) is 15.9 Å². The summed E-state index contributed by atoms with van der Waals surface area (Å²) in [5.74, 6) is -0.263. The molecule has 1 saturated heterocycles. The van der Waals surface area contributed by atoms with Crippen LogP contribution in [0.2, 0.25) is 0 Å². The molecule has 0 spiro atoms. The van der Waals surface area contributed by atoms with Crippen LogP contribution in [0.5, 0.6) is 0 Å². The van der Waals surface area contributed by atoms with Crippen LogP contribution in [-0.2, 0) is 19.6 Å². The average Bonchev–Trinajstić information content (AvgIpc) is 3.29. The second-order valence-corrected chi connectivity index (χ2v) is 10.8. The smallest absolute Gasteiger partial charge is 0.243 e. The second kappa shape index (κ2) is 10.0. The van der Waals surface area contributed by atoms with Crippen molar-refractivity contribution in [2.45, 2.75) is 29.1 Å². The lowest BCUT2D eigenvalue weighted by Crippen LogP contribution is -2.40. The van der Waals surface area contributed by atoms with Crippen LogP contribution in [0.4, 0.5) is 5.69 Å². The number of thioether (sulfide) groups is 1. The molecule has 174 valence electrons. The third-order valence-electron chi connectivity index (χ3n) is 5.25. The van der Waals surface area contributed by atoms with Crippen LogP contribution in [0.3, 0.4) is 0 Å². The van der Waals surface area contributed by atoms with E-state index in [0.717, 1.165) is 5.69 Å². The van der Waals surface area contributed by atoms with Gasteiger partial charge in [-0.05, 0) is 43.7 Å². The van der Waals surface area contributed by atoms with Gasteiger partial charge in [0.1, 0.15) is 6.33 Å². The van der Waals surface area contributed by atoms with Crippen LogP contribution < -0.4 is 5.32 Å². The van der Waals surface area contributed by atoms with E-state index in [0.29, 0.717) is 42.7 Å². The van der Waals surface area contributed by atoms with Gasteiger partial charge in [-0.1, -0.05) is 36.0 Å². The molecule has 11 heteroatoms. The summed E-state index contributed by atoms with van der Waals surface area (Å²) in [4.78, 5) is 13.1. The summed E-state index contributed by atoms with van der Waals surface area (Å²) in [5, 5.41) is 11.0. The molecule has 9 nitrogen and oxygen atoms in total. The van der Waals surface area contributed by atoms with Crippen LogP contribution in [0.25, 0.3) is 5.69 Å². The Morgan fingerprint density at radius 3 is 2.61 bits per heavy atom. The number of benzene rings is 2. The number of para-hydroxylation sites is 1. The fourth-order valence-corrected chi connectivity index (χ4v) is 5.91. The van der Waals surface area contributed by atoms with Gasteiger partial charge in [-0.15, -0.1) is 10.2 Å². The molecule has 0 saturated carbocycles. The van der Waals surface area contributed by atoms with E-state index in [1.165, 1.54) is 22.1 Å². The van der Waals surface area contributed by atoms with Gasteiger partial charge in [0, 0.05) is 24.5 Å². The van der Waals surface area contributed by atoms with Gasteiger partial charge < -0.3 is 10.1 Å². The first-order valence-corrected chi connectivity index (χ1v) is 12.8. The Kier molecular flexibility index (Phi) is 7.13. The Morgan fingerprint density at radius 2 is 1.88 bits per heavy atom. The highest BCUT2D eigenvalue weighted by atomic mass is 32.2. The Hall–Kier alpha value is -2.73. The molecule has 2 aromatic carbocycles. The molecule has 1 unspecified atom stereocenters. The predicted molar refractivity (Wildman–Crippen MR) is 126 cm³/mol. The van der Waals surface area contributed by atoms with Crippen molar-refractivity contribution in [3.8, 4) is 5.69 Å². The zero-order chi connectivity index (χ0) is 23.4. The molecule has 0 radical (unpaired) electrons. The molecule has 1 amide bonds. The van der Waals surface area contributed by atoms with Crippen LogP contribution >= 0.6 is 11.8 Å². The van der Waals surface area contributed by atoms with E-state index in [-0.39, 0.29) is 10.8 Å². The molecule has 1 N–H and O–H groups in total. The van der Waals surface area contributed by atoms with E-state index in [1.807, 2.05) is 34.9 Å². The normalized spacial score (nSPS) is 15.8. The minimum atomic E-state index is -3.67. The Balaban J connectivity index is 1.48. The van der Waals surface area contributed by atoms with Gasteiger partial charge >= 0.3 is 0 Å². The number of carbonyl (C=O) groups is 1. The van der Waals surface area contributed by atoms with Crippen LogP contribution in [0.15, 0.2) is 64.9 Å². The molecule has 3 aromatic rings. The fraction of sp³-hybridized carbons (Fsp3) is 0.318. The number of carbonyl (C=O) groups excluding carboxylic acids is 1. The quantitative estimate of drug-likeness (QED) is 0.511. The zero-order valence-electron chi connectivity index (χ0n) is 18.3. The third-order valence-corrected chi connectivity index (χ3v) is 8.34. The van der Waals surface area contributed by atoms with E-state index in [4.69, 9.17) is 4.74 Å². The van der Waals surface area contributed by atoms with Crippen LogP contribution in [0.1, 0.15) is 12.5 Å². The highest BCUT2D eigenvalue weighted by Crippen LogP contribution is 2.27. The lowest BCUT2D eigenvalue weighted by molar-refractivity contribution is -0.115. The average molecular weight is 488 g/mol. The topological polar surface area (TPSA) is 106 Å². The molecule has 1 fully saturated rings. The monoisotopic (exact) mass is 487 g/mol. The van der Waals surface area contributed by atoms with Gasteiger partial charge in [-0.25, -0.2) is 8.42 Å². The van der Waals surface area contributed by atoms with Crippen molar-refractivity contribution in [3.63, 3.8) is 0 Å². The highest BCUT2D eigenvalue weighted by molar-refractivity contribution is 8.00. The third kappa shape index (κ3) is 5.27. The van der Waals surface area contributed by atoms with Crippen molar-refractivity contribution in [3.05, 3.63) is 60.4 Å². The maximum atomic E-state index is 13.1. The van der Waals surface area contributed by atoms with Crippen LogP contribution in [-0.4, -0.2) is 64.9 Å². The lowest BCUT2D eigenvalue weighted by atomic mass is 10.2. The number of aromatic nitrogens is 3. The van der Waals surface area contributed by atoms with Crippen molar-refractivity contribution in [1.29, 1.82) is 0 Å². The molecule has 1 aliphatic rings. The number of hydrogen-bond acceptors (Lipinski definition) is 7. The number of amides is 1. The number of rotatable bonds is 7. The van der Waals surface area contributed by atoms with E-state index in [9.17, 15) is 13.2 Å². The number of nitrogens with zero attached hydrogens (tertiary/aromatic N) is 4. The van der Waals surface area contributed by atoms with E-state index < -0.39 is 15.3 Å². The first-order chi connectivity index (χ1) is 15.9. The number of hydrogen-bond donors (Lipinski definition) is 1. The number of morpholine rings is 1. The molecule has 1 atom stereocenters. The summed E-state index contributed by atoms with van der Waals surface area (Å²) in [5.41, 5.74) is 1.95. The number of aryl methyl sites for hydroxylation is 1. The molecule has 1 aliphatic heterocycles. The summed E-state index contributed by atoms with van der Waals surface area (Å²) >= 11 is 1.27. The van der Waals surface area contributed by atoms with Crippen LogP contribution in [0, 0.1) is 6.92 Å². The Bertz CT molecular complexity index is 1220. The van der Waals surface area contributed by atoms with Crippen molar-refractivity contribution in [2.75, 3.05) is 31.6 Å². The molecule has 4 rings (SSSR count). The summed E-state index contributed by atoms with van der Waals surface area (Å²) in [6, 6.07) is 14.5. The molecule has 0 bridgehead atoms. The molecular weight excluding hydrogens is 462 g/mol. The summed E-state index contributed by atoms with van der Waals surface area (Å²) in [6.07, 6.45) is 1.60. The first-order valence-electron chi connectivity index (χ1n) is 10.5. The number of sulfonamides is 1. The SMILES string of the molecule is Cc1ccc(NC(=O)C(C)Sc2nncn2-c2ccccc2)cc1S(=O)(=O)N1CCOCC1. The summed E-state index contributed by atoms with van der Waals surface area (Å²) in [7, 11) is -3.67. The largest absolute Gasteiger partial charge is 0.379 e. The van der Waals surface area contributed by atoms with Gasteiger partial charge in [-0.2, -0.15) is 4.31 Å². The predicted octanol–water partition coefficient (Wildman–Crippen LogP) is 2.72. The van der Waals surface area contributed by atoms with Gasteiger partial charge in [0.15, 0.2) is 5.16 Å². The molecular formula is C22H25N5O4S2. The number of ether oxygens (including phenoxy) is 1. The molecule has 1 aromatic heterocycles. The Labute approximate surface area is 197 Å². The summed E-state index contributed by atoms with van der Waals surface area (Å²) < 4.78 is 34.7. The first kappa shape index (κ1) is 23.4. The standard InChI is InChI=1S/C22H25N5O4S2/c1-16-8-9-18(14-20(16)33(29,30)26-10-12-31-13-11-26)24-21(28)17(2)32-22-25-23-15-27(22)19-6-4-3-5-7-19/h3-9,14-15,17H,10-13H2,1-2H3,(H,24,28). The minimum absolute atomic E-state index is 0.186. The molecule has 2 heterocycles. The maximum Gasteiger partial charge on any atom is 0.243 e. The highest BCUT2D eigenvalue weighted by Gasteiger charge is 2.28. The van der Waals surface area contributed by atoms with Gasteiger partial charge in [0.05, 0.1) is 23.4 Å². The molecule has 0 aliphatic carbocycles. The lowest BCUT2D eigenvalue weighted by Gasteiger charge is -2.27. The minimum Gasteiger partial charge on any atom is -0.379 e. The van der Waals surface area contributed by atoms with Gasteiger partial charge in [-0.3, -0.25) is 9.36 Å². The van der Waals surface area contributed by atoms with E-state index in [2.05, 4.69) is 15.5 Å².